The summed E-state index contributed by atoms with van der Waals surface area (Å²) in [5.74, 6) is 1.02. The largest absolute Gasteiger partial charge is 0.496 e. The van der Waals surface area contributed by atoms with E-state index in [1.54, 1.807) is 20.4 Å². The summed E-state index contributed by atoms with van der Waals surface area (Å²) in [5.41, 5.74) is 5.35. The number of nitrogens with one attached hydrogen (secondary N) is 3. The number of ether oxygens (including phenoxy) is 3. The Hall–Kier alpha value is -4.22. The summed E-state index contributed by atoms with van der Waals surface area (Å²) >= 11 is 14.1. The Morgan fingerprint density at radius 1 is 0.980 bits per heavy atom. The molecule has 1 aliphatic heterocycles. The normalized spacial score (nSPS) is 16.3. The van der Waals surface area contributed by atoms with Crippen LogP contribution >= 0.6 is 23.2 Å². The van der Waals surface area contributed by atoms with Crippen molar-refractivity contribution < 1.29 is 23.8 Å². The summed E-state index contributed by atoms with van der Waals surface area (Å²) < 4.78 is 16.9. The molecular formula is C38H41Cl2N5O5. The number of carbonyl (C=O) groups excluding carboxylic acids is 2. The molecule has 6 rings (SSSR count). The number of pyridine rings is 2. The van der Waals surface area contributed by atoms with Crippen LogP contribution in [0.1, 0.15) is 50.7 Å². The van der Waals surface area contributed by atoms with Crippen molar-refractivity contribution in [3.05, 3.63) is 82.0 Å². The molecule has 3 N–H and O–H groups in total. The lowest BCUT2D eigenvalue weighted by molar-refractivity contribution is -0.151. The molecule has 1 unspecified atom stereocenters. The van der Waals surface area contributed by atoms with Gasteiger partial charge in [-0.05, 0) is 51.3 Å². The zero-order valence-corrected chi connectivity index (χ0v) is 30.1. The van der Waals surface area contributed by atoms with Gasteiger partial charge < -0.3 is 24.8 Å². The average Bonchev–Trinajstić information content (AvgIpc) is 3.80. The summed E-state index contributed by atoms with van der Waals surface area (Å²) in [6, 6.07) is 17.4. The van der Waals surface area contributed by atoms with Crippen LogP contribution in [0.15, 0.2) is 60.8 Å². The number of carbonyl (C=O) groups is 2. The first-order valence-corrected chi connectivity index (χ1v) is 17.5. The van der Waals surface area contributed by atoms with Gasteiger partial charge in [0.05, 0.1) is 41.8 Å². The Morgan fingerprint density at radius 3 is 2.44 bits per heavy atom. The van der Waals surface area contributed by atoms with Gasteiger partial charge in [0.25, 0.3) is 0 Å². The molecule has 1 saturated carbocycles. The van der Waals surface area contributed by atoms with E-state index in [4.69, 9.17) is 42.4 Å². The smallest absolute Gasteiger partial charge is 0.326 e. The predicted molar refractivity (Wildman–Crippen MR) is 194 cm³/mol. The topological polar surface area (TPSA) is 124 Å². The number of hydrogen-bond donors (Lipinski definition) is 3. The molecule has 0 bridgehead atoms. The van der Waals surface area contributed by atoms with Gasteiger partial charge in [-0.3, -0.25) is 19.9 Å². The number of aromatic nitrogens is 2. The maximum atomic E-state index is 12.6. The average molecular weight is 719 g/mol. The standard InChI is InChI=1S/C38H41Cl2N5O5/c1-22(2)50-37(47)38(15-16-38)43-20-24-9-8-23(18-31(24)48-3)35-34(40)28(14-17-42-35)27-6-5-7-29(33(27)39)30-12-10-25(36(45-30)49-4)19-41-21-26-11-13-32(46)44-26/h5-10,12,14,17-18,22,26,41,43H,11,13,15-16,19-21H2,1-4H3,(H,44,46). The Balaban J connectivity index is 1.21. The van der Waals surface area contributed by atoms with Gasteiger partial charge in [-0.25, -0.2) is 4.98 Å². The highest BCUT2D eigenvalue weighted by molar-refractivity contribution is 6.39. The molecule has 1 saturated heterocycles. The molecule has 10 nitrogen and oxygen atoms in total. The summed E-state index contributed by atoms with van der Waals surface area (Å²) in [6.07, 6.45) is 4.42. The van der Waals surface area contributed by atoms with Gasteiger partial charge >= 0.3 is 5.97 Å². The predicted octanol–water partition coefficient (Wildman–Crippen LogP) is 6.74. The van der Waals surface area contributed by atoms with Crippen LogP contribution in [0.3, 0.4) is 0 Å². The third-order valence-electron chi connectivity index (χ3n) is 9.04. The van der Waals surface area contributed by atoms with Gasteiger partial charge in [0.2, 0.25) is 11.8 Å². The van der Waals surface area contributed by atoms with Crippen molar-refractivity contribution in [1.82, 2.24) is 25.9 Å². The maximum Gasteiger partial charge on any atom is 0.326 e. The van der Waals surface area contributed by atoms with Crippen LogP contribution < -0.4 is 25.4 Å². The molecule has 0 radical (unpaired) electrons. The van der Waals surface area contributed by atoms with Gasteiger partial charge in [-0.1, -0.05) is 59.6 Å². The van der Waals surface area contributed by atoms with Gasteiger partial charge in [0.15, 0.2) is 0 Å². The second kappa shape index (κ2) is 15.3. The number of rotatable bonds is 14. The van der Waals surface area contributed by atoms with Gasteiger partial charge in [-0.15, -0.1) is 0 Å². The number of nitrogens with zero attached hydrogens (tertiary/aromatic N) is 2. The van der Waals surface area contributed by atoms with Crippen LogP contribution in [0, 0.1) is 0 Å². The minimum absolute atomic E-state index is 0.0946. The first-order chi connectivity index (χ1) is 24.1. The zero-order valence-electron chi connectivity index (χ0n) is 28.6. The SMILES string of the molecule is COc1cc(-c2nccc(-c3cccc(-c4ccc(CNCC5CCC(=O)N5)c(OC)n4)c3Cl)c2Cl)ccc1CNC1(C(=O)OC(C)C)CC1. The van der Waals surface area contributed by atoms with Crippen LogP contribution in [-0.2, 0) is 27.4 Å². The number of esters is 1. The van der Waals surface area contributed by atoms with Crippen molar-refractivity contribution in [3.8, 4) is 45.3 Å². The highest BCUT2D eigenvalue weighted by Crippen LogP contribution is 2.43. The Kier molecular flexibility index (Phi) is 10.9. The van der Waals surface area contributed by atoms with E-state index in [-0.39, 0.29) is 24.0 Å². The second-order valence-corrected chi connectivity index (χ2v) is 13.7. The molecular weight excluding hydrogens is 677 g/mol. The molecule has 4 aromatic rings. The van der Waals surface area contributed by atoms with Crippen molar-refractivity contribution in [2.75, 3.05) is 20.8 Å². The fourth-order valence-corrected chi connectivity index (χ4v) is 6.79. The number of halogens is 2. The molecule has 2 aromatic heterocycles. The molecule has 1 amide bonds. The Bertz CT molecular complexity index is 1900. The molecule has 3 heterocycles. The molecule has 1 atom stereocenters. The van der Waals surface area contributed by atoms with Gasteiger partial charge in [-0.2, -0.15) is 0 Å². The zero-order chi connectivity index (χ0) is 35.4. The summed E-state index contributed by atoms with van der Waals surface area (Å²) in [5, 5.41) is 10.7. The van der Waals surface area contributed by atoms with E-state index in [0.29, 0.717) is 59.1 Å². The lowest BCUT2D eigenvalue weighted by Crippen LogP contribution is -2.41. The lowest BCUT2D eigenvalue weighted by atomic mass is 9.99. The van der Waals surface area contributed by atoms with Crippen LogP contribution in [0.5, 0.6) is 11.6 Å². The van der Waals surface area contributed by atoms with Crippen molar-refractivity contribution in [2.45, 2.75) is 70.3 Å². The number of hydrogen-bond acceptors (Lipinski definition) is 9. The van der Waals surface area contributed by atoms with Crippen LogP contribution in [0.4, 0.5) is 0 Å². The van der Waals surface area contributed by atoms with Crippen LogP contribution in [0.25, 0.3) is 33.6 Å². The first kappa shape index (κ1) is 35.6. The number of amides is 1. The highest BCUT2D eigenvalue weighted by atomic mass is 35.5. The molecule has 50 heavy (non-hydrogen) atoms. The summed E-state index contributed by atoms with van der Waals surface area (Å²) in [7, 11) is 3.21. The molecule has 2 aromatic carbocycles. The van der Waals surface area contributed by atoms with Crippen molar-refractivity contribution >= 4 is 35.1 Å². The van der Waals surface area contributed by atoms with E-state index in [1.165, 1.54) is 0 Å². The van der Waals surface area contributed by atoms with Gasteiger partial charge in [0, 0.05) is 71.7 Å². The lowest BCUT2D eigenvalue weighted by Gasteiger charge is -2.19. The van der Waals surface area contributed by atoms with Crippen LogP contribution in [-0.4, -0.2) is 60.3 Å². The van der Waals surface area contributed by atoms with Gasteiger partial charge in [0.1, 0.15) is 11.3 Å². The minimum atomic E-state index is -0.642. The van der Waals surface area contributed by atoms with Crippen LogP contribution in [0.2, 0.25) is 10.0 Å². The second-order valence-electron chi connectivity index (χ2n) is 12.9. The Morgan fingerprint density at radius 2 is 1.74 bits per heavy atom. The van der Waals surface area contributed by atoms with E-state index < -0.39 is 5.54 Å². The maximum absolute atomic E-state index is 12.6. The molecule has 12 heteroatoms. The van der Waals surface area contributed by atoms with E-state index in [0.717, 1.165) is 52.6 Å². The van der Waals surface area contributed by atoms with Crippen molar-refractivity contribution in [3.63, 3.8) is 0 Å². The third-order valence-corrected chi connectivity index (χ3v) is 9.83. The van der Waals surface area contributed by atoms with E-state index in [9.17, 15) is 9.59 Å². The molecule has 262 valence electrons. The van der Waals surface area contributed by atoms with Crippen molar-refractivity contribution in [1.29, 1.82) is 0 Å². The van der Waals surface area contributed by atoms with E-state index >= 15 is 0 Å². The Labute approximate surface area is 302 Å². The third kappa shape index (κ3) is 7.73. The molecule has 0 spiro atoms. The molecule has 2 aliphatic rings. The summed E-state index contributed by atoms with van der Waals surface area (Å²) in [6.45, 7) is 5.36. The molecule has 1 aliphatic carbocycles. The fraction of sp³-hybridized carbons (Fsp3) is 0.368. The summed E-state index contributed by atoms with van der Waals surface area (Å²) in [4.78, 5) is 33.5. The molecule has 2 fully saturated rings. The first-order valence-electron chi connectivity index (χ1n) is 16.7. The number of benzene rings is 2. The highest BCUT2D eigenvalue weighted by Gasteiger charge is 2.51. The van der Waals surface area contributed by atoms with Crippen molar-refractivity contribution in [2.24, 2.45) is 0 Å². The number of methoxy groups -OCH3 is 2. The fourth-order valence-electron chi connectivity index (χ4n) is 6.14. The van der Waals surface area contributed by atoms with E-state index in [1.807, 2.05) is 68.4 Å². The minimum Gasteiger partial charge on any atom is -0.496 e. The van der Waals surface area contributed by atoms with E-state index in [2.05, 4.69) is 20.9 Å². The monoisotopic (exact) mass is 717 g/mol. The quantitative estimate of drug-likeness (QED) is 0.122.